The summed E-state index contributed by atoms with van der Waals surface area (Å²) in [7, 11) is 2.14. The minimum atomic E-state index is -0.608. The normalized spacial score (nSPS) is 23.9. The molecular weight excluding hydrogens is 506 g/mol. The van der Waals surface area contributed by atoms with Gasteiger partial charge in [-0.2, -0.15) is 0 Å². The maximum absolute atomic E-state index is 13.0. The summed E-state index contributed by atoms with van der Waals surface area (Å²) in [6, 6.07) is 15.9. The van der Waals surface area contributed by atoms with Gasteiger partial charge < -0.3 is 14.5 Å². The number of carbonyl (C=O) groups excluding carboxylic acids is 3. The molecule has 4 aliphatic heterocycles. The Balaban J connectivity index is 0.961. The van der Waals surface area contributed by atoms with E-state index < -0.39 is 11.9 Å². The first-order valence-corrected chi connectivity index (χ1v) is 14.1. The topological polar surface area (TPSA) is 95.1 Å². The second-order valence-electron chi connectivity index (χ2n) is 11.7. The molecule has 0 radical (unpaired) electrons. The molecule has 3 saturated heterocycles. The molecule has 40 heavy (non-hydrogen) atoms. The van der Waals surface area contributed by atoms with Crippen LogP contribution in [0, 0.1) is 0 Å². The summed E-state index contributed by atoms with van der Waals surface area (Å²) in [5.74, 6) is 0.449. The van der Waals surface area contributed by atoms with Crippen molar-refractivity contribution in [3.8, 4) is 5.75 Å². The van der Waals surface area contributed by atoms with Crippen LogP contribution in [0.1, 0.15) is 52.4 Å². The minimum Gasteiger partial charge on any atom is -0.489 e. The number of benzene rings is 2. The zero-order valence-electron chi connectivity index (χ0n) is 22.6. The Bertz CT molecular complexity index is 1520. The van der Waals surface area contributed by atoms with Crippen LogP contribution in [0.5, 0.6) is 5.75 Å². The molecule has 206 valence electrons. The third-order valence-corrected chi connectivity index (χ3v) is 8.69. The van der Waals surface area contributed by atoms with E-state index in [0.29, 0.717) is 24.4 Å². The lowest BCUT2D eigenvalue weighted by molar-refractivity contribution is -0.136. The van der Waals surface area contributed by atoms with Gasteiger partial charge in [0.05, 0.1) is 5.52 Å². The van der Waals surface area contributed by atoms with Crippen molar-refractivity contribution in [2.75, 3.05) is 33.2 Å². The third-order valence-electron chi connectivity index (χ3n) is 8.69. The lowest BCUT2D eigenvalue weighted by Crippen LogP contribution is -2.52. The Labute approximate surface area is 233 Å². The number of ether oxygens (including phenoxy) is 1. The molecule has 2 atom stereocenters. The van der Waals surface area contributed by atoms with Crippen molar-refractivity contribution < 1.29 is 19.1 Å². The van der Waals surface area contributed by atoms with E-state index in [9.17, 15) is 14.4 Å². The first kappa shape index (κ1) is 25.2. The van der Waals surface area contributed by atoms with Crippen LogP contribution >= 0.6 is 0 Å². The molecule has 1 unspecified atom stereocenters. The number of amides is 3. The molecule has 3 aromatic rings. The third kappa shape index (κ3) is 4.73. The first-order chi connectivity index (χ1) is 19.4. The lowest BCUT2D eigenvalue weighted by Gasteiger charge is -2.35. The van der Waals surface area contributed by atoms with Crippen molar-refractivity contribution in [1.29, 1.82) is 0 Å². The Morgan fingerprint density at radius 1 is 1.00 bits per heavy atom. The summed E-state index contributed by atoms with van der Waals surface area (Å²) < 4.78 is 6.34. The largest absolute Gasteiger partial charge is 0.489 e. The Hall–Kier alpha value is -3.82. The van der Waals surface area contributed by atoms with Gasteiger partial charge in [0.2, 0.25) is 11.8 Å². The molecule has 0 saturated carbocycles. The fourth-order valence-corrected chi connectivity index (χ4v) is 6.51. The van der Waals surface area contributed by atoms with Crippen LogP contribution < -0.4 is 10.1 Å². The molecule has 7 rings (SSSR count). The number of carbonyl (C=O) groups is 3. The minimum absolute atomic E-state index is 0.0756. The Morgan fingerprint density at radius 2 is 1.88 bits per heavy atom. The van der Waals surface area contributed by atoms with E-state index in [4.69, 9.17) is 9.72 Å². The maximum Gasteiger partial charge on any atom is 0.255 e. The number of hydrogen-bond donors (Lipinski definition) is 1. The van der Waals surface area contributed by atoms with E-state index in [-0.39, 0.29) is 24.3 Å². The molecule has 1 aromatic heterocycles. The van der Waals surface area contributed by atoms with Gasteiger partial charge in [-0.1, -0.05) is 12.1 Å². The van der Waals surface area contributed by atoms with Crippen LogP contribution in [-0.4, -0.2) is 82.8 Å². The number of nitrogens with zero attached hydrogens (tertiary/aromatic N) is 4. The Kier molecular flexibility index (Phi) is 6.28. The first-order valence-electron chi connectivity index (χ1n) is 14.1. The molecule has 9 heteroatoms. The van der Waals surface area contributed by atoms with Crippen molar-refractivity contribution in [1.82, 2.24) is 25.0 Å². The van der Waals surface area contributed by atoms with Crippen molar-refractivity contribution >= 4 is 28.6 Å². The van der Waals surface area contributed by atoms with E-state index in [2.05, 4.69) is 52.5 Å². The highest BCUT2D eigenvalue weighted by Crippen LogP contribution is 2.31. The number of imide groups is 1. The lowest BCUT2D eigenvalue weighted by atomic mass is 9.96. The van der Waals surface area contributed by atoms with Gasteiger partial charge in [0.25, 0.3) is 5.91 Å². The van der Waals surface area contributed by atoms with Crippen molar-refractivity contribution in [2.45, 2.75) is 50.4 Å². The zero-order valence-corrected chi connectivity index (χ0v) is 22.6. The van der Waals surface area contributed by atoms with E-state index in [1.54, 1.807) is 11.0 Å². The highest BCUT2D eigenvalue weighted by atomic mass is 16.5. The molecule has 3 fully saturated rings. The molecule has 4 aliphatic rings. The summed E-state index contributed by atoms with van der Waals surface area (Å²) in [6.07, 6.45) is 1.62. The summed E-state index contributed by atoms with van der Waals surface area (Å²) >= 11 is 0. The monoisotopic (exact) mass is 539 g/mol. The van der Waals surface area contributed by atoms with E-state index >= 15 is 0 Å². The molecule has 2 aromatic carbocycles. The predicted octanol–water partition coefficient (Wildman–Crippen LogP) is 2.68. The quantitative estimate of drug-likeness (QED) is 0.482. The van der Waals surface area contributed by atoms with Gasteiger partial charge in [0.1, 0.15) is 17.9 Å². The van der Waals surface area contributed by atoms with Crippen LogP contribution in [0.4, 0.5) is 0 Å². The maximum atomic E-state index is 13.0. The van der Waals surface area contributed by atoms with Gasteiger partial charge in [0, 0.05) is 68.3 Å². The second-order valence-corrected chi connectivity index (χ2v) is 11.7. The highest BCUT2D eigenvalue weighted by molar-refractivity contribution is 6.05. The molecule has 5 heterocycles. The number of nitrogens with one attached hydrogen (secondary N) is 1. The second kappa shape index (κ2) is 9.98. The number of likely N-dealkylation sites (tertiary alicyclic amines) is 2. The average molecular weight is 540 g/mol. The fraction of sp³-hybridized carbons (Fsp3) is 0.419. The van der Waals surface area contributed by atoms with Gasteiger partial charge >= 0.3 is 0 Å². The number of piperidine rings is 1. The van der Waals surface area contributed by atoms with Crippen LogP contribution in [0.3, 0.4) is 0 Å². The Morgan fingerprint density at radius 3 is 2.70 bits per heavy atom. The number of hydrogen-bond acceptors (Lipinski definition) is 7. The number of fused-ring (bicyclic) bond motifs is 2. The molecule has 1 N–H and O–H groups in total. The fourth-order valence-electron chi connectivity index (χ4n) is 6.51. The van der Waals surface area contributed by atoms with Gasteiger partial charge in [-0.3, -0.25) is 29.6 Å². The van der Waals surface area contributed by atoms with Crippen molar-refractivity contribution in [2.24, 2.45) is 0 Å². The summed E-state index contributed by atoms with van der Waals surface area (Å²) in [5.41, 5.74) is 4.99. The van der Waals surface area contributed by atoms with Crippen LogP contribution in [0.25, 0.3) is 10.9 Å². The molecule has 0 aliphatic carbocycles. The molecule has 0 spiro atoms. The number of aromatic nitrogens is 1. The van der Waals surface area contributed by atoms with Gasteiger partial charge in [0.15, 0.2) is 0 Å². The van der Waals surface area contributed by atoms with E-state index in [1.807, 2.05) is 12.1 Å². The SMILES string of the molecule is CN1CC(c2ccc3cc(CN4CC[C@H](Oc5ccc6c(c5)CN(C5CCC(=O)NC5=O)C6=O)C4)ccc3n2)C1. The van der Waals surface area contributed by atoms with Crippen LogP contribution in [0.2, 0.25) is 0 Å². The van der Waals surface area contributed by atoms with Gasteiger partial charge in [-0.15, -0.1) is 0 Å². The molecule has 9 nitrogen and oxygen atoms in total. The standard InChI is InChI=1S/C31H33N5O4/c1-34-15-22(16-34)27-7-3-20-12-19(2-6-26(20)32-27)14-35-11-10-24(18-35)40-23-4-5-25-21(13-23)17-36(31(25)39)28-8-9-29(37)33-30(28)38/h2-7,12-13,22,24,28H,8-11,14-18H2,1H3,(H,33,37,38)/t24-,28?/m0/s1. The van der Waals surface area contributed by atoms with E-state index in [1.165, 1.54) is 16.6 Å². The van der Waals surface area contributed by atoms with Gasteiger partial charge in [-0.05, 0) is 67.4 Å². The number of likely N-dealkylation sites (N-methyl/N-ethyl adjacent to an activating group) is 1. The molecule has 3 amide bonds. The smallest absolute Gasteiger partial charge is 0.255 e. The number of rotatable bonds is 6. The number of pyridine rings is 1. The van der Waals surface area contributed by atoms with Crippen molar-refractivity contribution in [3.05, 3.63) is 70.9 Å². The van der Waals surface area contributed by atoms with Crippen LogP contribution in [-0.2, 0) is 22.7 Å². The van der Waals surface area contributed by atoms with Gasteiger partial charge in [-0.25, -0.2) is 0 Å². The summed E-state index contributed by atoms with van der Waals surface area (Å²) in [5, 5.41) is 3.53. The highest BCUT2D eigenvalue weighted by Gasteiger charge is 2.39. The average Bonchev–Trinajstić information content (AvgIpc) is 3.49. The van der Waals surface area contributed by atoms with Crippen LogP contribution in [0.15, 0.2) is 48.5 Å². The summed E-state index contributed by atoms with van der Waals surface area (Å²) in [4.78, 5) is 48.0. The molecular formula is C31H33N5O4. The molecule has 0 bridgehead atoms. The predicted molar refractivity (Wildman–Crippen MR) is 149 cm³/mol. The van der Waals surface area contributed by atoms with E-state index in [0.717, 1.165) is 56.0 Å². The zero-order chi connectivity index (χ0) is 27.4. The van der Waals surface area contributed by atoms with Crippen molar-refractivity contribution in [3.63, 3.8) is 0 Å². The summed E-state index contributed by atoms with van der Waals surface area (Å²) in [6.45, 7) is 5.18.